The minimum absolute atomic E-state index is 0.526. The van der Waals surface area contributed by atoms with Gasteiger partial charge in [-0.1, -0.05) is 11.9 Å². The molecule has 0 aliphatic heterocycles. The number of rotatable bonds is 7. The van der Waals surface area contributed by atoms with E-state index < -0.39 is 11.2 Å². The zero-order valence-corrected chi connectivity index (χ0v) is 13.7. The van der Waals surface area contributed by atoms with E-state index in [-0.39, 0.29) is 0 Å². The van der Waals surface area contributed by atoms with Crippen molar-refractivity contribution in [2.75, 3.05) is 18.1 Å². The van der Waals surface area contributed by atoms with Crippen LogP contribution in [0.2, 0.25) is 0 Å². The summed E-state index contributed by atoms with van der Waals surface area (Å²) >= 11 is 1.46. The molecular formula is C13H22BN2O3S. The minimum Gasteiger partial charge on any atom is -0.480 e. The second kappa shape index (κ2) is 6.69. The molecule has 111 valence electrons. The molecule has 0 bridgehead atoms. The molecule has 0 amide bonds. The van der Waals surface area contributed by atoms with Crippen LogP contribution >= 0.6 is 11.9 Å². The van der Waals surface area contributed by atoms with Gasteiger partial charge in [0.15, 0.2) is 0 Å². The van der Waals surface area contributed by atoms with Crippen LogP contribution in [-0.2, 0) is 4.65 Å². The third-order valence-corrected chi connectivity index (χ3v) is 3.66. The number of methoxy groups -OCH3 is 1. The molecule has 0 aliphatic rings. The van der Waals surface area contributed by atoms with Gasteiger partial charge in [-0.25, -0.2) is 4.98 Å². The monoisotopic (exact) mass is 297 g/mol. The molecule has 1 heterocycles. The Morgan fingerprint density at radius 2 is 2.00 bits per heavy atom. The van der Waals surface area contributed by atoms with Gasteiger partial charge in [0.25, 0.3) is 0 Å². The predicted molar refractivity (Wildman–Crippen MR) is 84.8 cm³/mol. The molecule has 1 aromatic heterocycles. The van der Waals surface area contributed by atoms with Crippen LogP contribution in [0, 0.1) is 0 Å². The smallest absolute Gasteiger partial charge is 0.332 e. The highest BCUT2D eigenvalue weighted by Crippen LogP contribution is 2.25. The van der Waals surface area contributed by atoms with Crippen molar-refractivity contribution in [2.45, 2.75) is 38.9 Å². The summed E-state index contributed by atoms with van der Waals surface area (Å²) in [5.74, 6) is 0.526. The van der Waals surface area contributed by atoms with Crippen molar-refractivity contribution >= 4 is 30.6 Å². The first-order chi connectivity index (χ1) is 9.21. The van der Waals surface area contributed by atoms with Gasteiger partial charge in [-0.05, 0) is 39.2 Å². The lowest BCUT2D eigenvalue weighted by Crippen LogP contribution is -2.49. The highest BCUT2D eigenvalue weighted by Gasteiger charge is 2.35. The van der Waals surface area contributed by atoms with Crippen LogP contribution in [0.15, 0.2) is 12.3 Å². The van der Waals surface area contributed by atoms with Crippen LogP contribution in [-0.4, -0.2) is 42.1 Å². The van der Waals surface area contributed by atoms with Gasteiger partial charge >= 0.3 is 7.48 Å². The Hall–Kier alpha value is -0.915. The van der Waals surface area contributed by atoms with Gasteiger partial charge in [-0.3, -0.25) is 0 Å². The average molecular weight is 297 g/mol. The molecule has 1 rings (SSSR count). The maximum absolute atomic E-state index is 10.0. The Labute approximate surface area is 125 Å². The van der Waals surface area contributed by atoms with E-state index in [1.165, 1.54) is 11.9 Å². The maximum Gasteiger partial charge on any atom is 0.332 e. The summed E-state index contributed by atoms with van der Waals surface area (Å²) in [5.41, 5.74) is -0.0952. The highest BCUT2D eigenvalue weighted by molar-refractivity contribution is 7.99. The van der Waals surface area contributed by atoms with Gasteiger partial charge in [0, 0.05) is 12.5 Å². The second-order valence-electron chi connectivity index (χ2n) is 5.44. The van der Waals surface area contributed by atoms with Crippen molar-refractivity contribution in [1.82, 2.24) is 4.98 Å². The molecule has 1 aromatic rings. The van der Waals surface area contributed by atoms with Crippen LogP contribution in [0.25, 0.3) is 0 Å². The molecule has 0 saturated carbocycles. The summed E-state index contributed by atoms with van der Waals surface area (Å²) in [6.07, 6.45) is 3.58. The first kappa shape index (κ1) is 17.1. The number of aromatic nitrogens is 1. The first-order valence-electron chi connectivity index (χ1n) is 6.27. The van der Waals surface area contributed by atoms with E-state index in [1.54, 1.807) is 34.6 Å². The largest absolute Gasteiger partial charge is 0.480 e. The van der Waals surface area contributed by atoms with Gasteiger partial charge in [0.1, 0.15) is 5.69 Å². The Balaban J connectivity index is 2.81. The van der Waals surface area contributed by atoms with Crippen molar-refractivity contribution in [3.8, 4) is 5.88 Å². The van der Waals surface area contributed by atoms with E-state index in [0.717, 1.165) is 11.2 Å². The predicted octanol–water partition coefficient (Wildman–Crippen LogP) is 1.59. The zero-order chi connectivity index (χ0) is 15.4. The van der Waals surface area contributed by atoms with Gasteiger partial charge in [-0.15, -0.1) is 0 Å². The molecule has 0 aromatic carbocycles. The van der Waals surface area contributed by atoms with Crippen LogP contribution < -0.4 is 14.9 Å². The van der Waals surface area contributed by atoms with Gasteiger partial charge in [0.2, 0.25) is 5.88 Å². The van der Waals surface area contributed by atoms with E-state index >= 15 is 0 Å². The van der Waals surface area contributed by atoms with Gasteiger partial charge in [-0.2, -0.15) is 0 Å². The Bertz CT molecular complexity index is 450. The highest BCUT2D eigenvalue weighted by atomic mass is 32.2. The third kappa shape index (κ3) is 4.29. The lowest BCUT2D eigenvalue weighted by atomic mass is 9.83. The average Bonchev–Trinajstić information content (AvgIpc) is 2.36. The Morgan fingerprint density at radius 3 is 2.50 bits per heavy atom. The maximum atomic E-state index is 10.0. The molecule has 0 fully saturated rings. The molecule has 0 saturated heterocycles. The van der Waals surface area contributed by atoms with E-state index in [4.69, 9.17) is 9.39 Å². The topological polar surface area (TPSA) is 63.6 Å². The van der Waals surface area contributed by atoms with Crippen molar-refractivity contribution < 1.29 is 14.5 Å². The van der Waals surface area contributed by atoms with E-state index in [2.05, 4.69) is 9.71 Å². The summed E-state index contributed by atoms with van der Waals surface area (Å²) in [6, 6.07) is 1.88. The van der Waals surface area contributed by atoms with E-state index in [0.29, 0.717) is 5.88 Å². The van der Waals surface area contributed by atoms with Gasteiger partial charge in [0.05, 0.1) is 18.3 Å². The van der Waals surface area contributed by atoms with Crippen molar-refractivity contribution in [3.63, 3.8) is 0 Å². The summed E-state index contributed by atoms with van der Waals surface area (Å²) in [5, 5.41) is 10.0. The molecule has 1 radical (unpaired) electrons. The van der Waals surface area contributed by atoms with E-state index in [1.807, 2.05) is 26.2 Å². The standard InChI is InChI=1S/C13H22BN2O3S/c1-12(2,17)13(3,4)19-14-9-7-10(16-20-6)11(18-5)15-8-9/h7-8,16-17H,1-6H3. The molecule has 7 heteroatoms. The molecule has 0 atom stereocenters. The Kier molecular flexibility index (Phi) is 5.73. The quantitative estimate of drug-likeness (QED) is 0.588. The number of anilines is 1. The van der Waals surface area contributed by atoms with Crippen molar-refractivity contribution in [3.05, 3.63) is 12.3 Å². The third-order valence-electron chi connectivity index (χ3n) is 3.24. The fourth-order valence-electron chi connectivity index (χ4n) is 1.24. The molecule has 0 aliphatic carbocycles. The number of nitrogens with one attached hydrogen (secondary N) is 1. The number of hydrogen-bond acceptors (Lipinski definition) is 6. The SMILES string of the molecule is COc1ncc([B]OC(C)(C)C(C)(C)O)cc1NSC. The first-order valence-corrected chi connectivity index (χ1v) is 7.50. The van der Waals surface area contributed by atoms with Crippen LogP contribution in [0.3, 0.4) is 0 Å². The van der Waals surface area contributed by atoms with Crippen LogP contribution in [0.5, 0.6) is 5.88 Å². The molecule has 5 nitrogen and oxygen atoms in total. The lowest BCUT2D eigenvalue weighted by molar-refractivity contribution is -0.0893. The lowest BCUT2D eigenvalue weighted by Gasteiger charge is -2.37. The van der Waals surface area contributed by atoms with Gasteiger partial charge < -0.3 is 19.2 Å². The molecular weight excluding hydrogens is 275 g/mol. The fourth-order valence-corrected chi connectivity index (χ4v) is 1.60. The minimum atomic E-state index is -0.955. The summed E-state index contributed by atoms with van der Waals surface area (Å²) in [7, 11) is 3.17. The summed E-state index contributed by atoms with van der Waals surface area (Å²) in [6.45, 7) is 7.10. The normalized spacial score (nSPS) is 12.2. The van der Waals surface area contributed by atoms with Crippen molar-refractivity contribution in [1.29, 1.82) is 0 Å². The van der Waals surface area contributed by atoms with Crippen molar-refractivity contribution in [2.24, 2.45) is 0 Å². The zero-order valence-electron chi connectivity index (χ0n) is 12.9. The second-order valence-corrected chi connectivity index (χ2v) is 6.05. The number of ether oxygens (including phenoxy) is 1. The number of hydrogen-bond donors (Lipinski definition) is 2. The molecule has 20 heavy (non-hydrogen) atoms. The Morgan fingerprint density at radius 1 is 1.35 bits per heavy atom. The number of aliphatic hydroxyl groups is 1. The fraction of sp³-hybridized carbons (Fsp3) is 0.615. The summed E-state index contributed by atoms with van der Waals surface area (Å²) < 4.78 is 14.0. The number of nitrogens with zero attached hydrogens (tertiary/aromatic N) is 1. The molecule has 0 spiro atoms. The molecule has 0 unspecified atom stereocenters. The molecule has 2 N–H and O–H groups in total. The van der Waals surface area contributed by atoms with Crippen LogP contribution in [0.4, 0.5) is 5.69 Å². The summed E-state index contributed by atoms with van der Waals surface area (Å²) in [4.78, 5) is 4.21. The van der Waals surface area contributed by atoms with Crippen LogP contribution in [0.1, 0.15) is 27.7 Å². The van der Waals surface area contributed by atoms with E-state index in [9.17, 15) is 5.11 Å². The number of pyridine rings is 1.